The number of carbonyl (C=O) groups excluding carboxylic acids is 2. The lowest BCUT2D eigenvalue weighted by molar-refractivity contribution is -0.119. The summed E-state index contributed by atoms with van der Waals surface area (Å²) in [5.74, 6) is -0.172. The number of rotatable bonds is 7. The number of amides is 2. The van der Waals surface area contributed by atoms with E-state index in [4.69, 9.17) is 15.2 Å². The molecule has 0 radical (unpaired) electrons. The molecule has 1 aliphatic heterocycles. The molecule has 2 amide bonds. The number of primary amides is 1. The molecule has 2 rings (SSSR count). The van der Waals surface area contributed by atoms with E-state index in [0.29, 0.717) is 11.3 Å². The van der Waals surface area contributed by atoms with Crippen LogP contribution in [0.15, 0.2) is 24.3 Å². The van der Waals surface area contributed by atoms with E-state index in [1.807, 2.05) is 6.92 Å². The molecule has 1 fully saturated rings. The Morgan fingerprint density at radius 2 is 2.14 bits per heavy atom. The summed E-state index contributed by atoms with van der Waals surface area (Å²) in [5, 5.41) is 3.02. The van der Waals surface area contributed by atoms with E-state index in [2.05, 4.69) is 5.32 Å². The molecular formula is C16H22N2O4. The van der Waals surface area contributed by atoms with Crippen LogP contribution in [0.25, 0.3) is 0 Å². The Labute approximate surface area is 130 Å². The van der Waals surface area contributed by atoms with Gasteiger partial charge in [0.25, 0.3) is 11.8 Å². The third kappa shape index (κ3) is 4.46. The van der Waals surface area contributed by atoms with Crippen LogP contribution in [0, 0.1) is 0 Å². The van der Waals surface area contributed by atoms with Crippen molar-refractivity contribution in [3.05, 3.63) is 29.8 Å². The van der Waals surface area contributed by atoms with Gasteiger partial charge in [0.2, 0.25) is 0 Å². The Bertz CT molecular complexity index is 509. The van der Waals surface area contributed by atoms with E-state index >= 15 is 0 Å². The first-order valence-electron chi connectivity index (χ1n) is 7.53. The fourth-order valence-corrected chi connectivity index (χ4v) is 2.49. The number of hydrogen-bond acceptors (Lipinski definition) is 4. The Kier molecular flexibility index (Phi) is 5.77. The number of benzene rings is 1. The highest BCUT2D eigenvalue weighted by atomic mass is 16.5. The van der Waals surface area contributed by atoms with Gasteiger partial charge in [-0.25, -0.2) is 0 Å². The number of nitrogens with one attached hydrogen (secondary N) is 1. The van der Waals surface area contributed by atoms with Gasteiger partial charge in [-0.15, -0.1) is 0 Å². The summed E-state index contributed by atoms with van der Waals surface area (Å²) in [4.78, 5) is 22.9. The Morgan fingerprint density at radius 3 is 2.68 bits per heavy atom. The van der Waals surface area contributed by atoms with Crippen molar-refractivity contribution in [2.45, 2.75) is 38.3 Å². The molecule has 120 valence electrons. The molecule has 1 aliphatic rings. The van der Waals surface area contributed by atoms with Gasteiger partial charge in [0.15, 0.2) is 6.61 Å². The molecule has 2 atom stereocenters. The molecule has 3 N–H and O–H groups in total. The van der Waals surface area contributed by atoms with Gasteiger partial charge in [0.1, 0.15) is 5.75 Å². The first-order chi connectivity index (χ1) is 10.6. The van der Waals surface area contributed by atoms with Gasteiger partial charge in [-0.3, -0.25) is 9.59 Å². The van der Waals surface area contributed by atoms with Gasteiger partial charge in [0.05, 0.1) is 12.1 Å². The number of nitrogens with two attached hydrogens (primary N) is 1. The van der Waals surface area contributed by atoms with Crippen molar-refractivity contribution in [2.24, 2.45) is 5.73 Å². The standard InChI is InChI=1S/C16H22N2O4/c1-2-13(14-4-3-9-21-14)18-16(20)11-5-7-12(8-6-11)22-10-15(17)19/h5-8,13-14H,2-4,9-10H2,1H3,(H2,17,19)(H,18,20). The molecule has 22 heavy (non-hydrogen) atoms. The maximum Gasteiger partial charge on any atom is 0.255 e. The van der Waals surface area contributed by atoms with Crippen molar-refractivity contribution in [2.75, 3.05) is 13.2 Å². The first-order valence-corrected chi connectivity index (χ1v) is 7.53. The Morgan fingerprint density at radius 1 is 1.41 bits per heavy atom. The van der Waals surface area contributed by atoms with Crippen LogP contribution in [0.2, 0.25) is 0 Å². The van der Waals surface area contributed by atoms with E-state index in [1.165, 1.54) is 0 Å². The number of carbonyl (C=O) groups is 2. The van der Waals surface area contributed by atoms with Crippen molar-refractivity contribution < 1.29 is 19.1 Å². The van der Waals surface area contributed by atoms with Crippen molar-refractivity contribution in [3.63, 3.8) is 0 Å². The van der Waals surface area contributed by atoms with E-state index in [9.17, 15) is 9.59 Å². The second-order valence-corrected chi connectivity index (χ2v) is 5.32. The van der Waals surface area contributed by atoms with Crippen LogP contribution in [-0.2, 0) is 9.53 Å². The normalized spacial score (nSPS) is 18.7. The Hall–Kier alpha value is -2.08. The van der Waals surface area contributed by atoms with Gasteiger partial charge in [0, 0.05) is 12.2 Å². The van der Waals surface area contributed by atoms with Crippen LogP contribution in [0.1, 0.15) is 36.5 Å². The van der Waals surface area contributed by atoms with Gasteiger partial charge >= 0.3 is 0 Å². The van der Waals surface area contributed by atoms with Crippen molar-refractivity contribution in [1.29, 1.82) is 0 Å². The third-order valence-corrected chi connectivity index (χ3v) is 3.67. The topological polar surface area (TPSA) is 90.6 Å². The lowest BCUT2D eigenvalue weighted by Gasteiger charge is -2.22. The van der Waals surface area contributed by atoms with Crippen LogP contribution < -0.4 is 15.8 Å². The summed E-state index contributed by atoms with van der Waals surface area (Å²) in [6.07, 6.45) is 2.96. The fraction of sp³-hybridized carbons (Fsp3) is 0.500. The van der Waals surface area contributed by atoms with Crippen LogP contribution in [0.5, 0.6) is 5.75 Å². The molecule has 6 nitrogen and oxygen atoms in total. The molecule has 2 unspecified atom stereocenters. The highest BCUT2D eigenvalue weighted by molar-refractivity contribution is 5.94. The minimum Gasteiger partial charge on any atom is -0.484 e. The zero-order valence-electron chi connectivity index (χ0n) is 12.7. The number of ether oxygens (including phenoxy) is 2. The summed E-state index contributed by atoms with van der Waals surface area (Å²) >= 11 is 0. The predicted octanol–water partition coefficient (Wildman–Crippen LogP) is 1.24. The summed E-state index contributed by atoms with van der Waals surface area (Å²) in [6, 6.07) is 6.64. The van der Waals surface area contributed by atoms with Gasteiger partial charge < -0.3 is 20.5 Å². The third-order valence-electron chi connectivity index (χ3n) is 3.67. The fourth-order valence-electron chi connectivity index (χ4n) is 2.49. The molecule has 0 saturated carbocycles. The van der Waals surface area contributed by atoms with Crippen molar-refractivity contribution >= 4 is 11.8 Å². The summed E-state index contributed by atoms with van der Waals surface area (Å²) < 4.78 is 10.8. The first kappa shape index (κ1) is 16.3. The maximum atomic E-state index is 12.3. The minimum absolute atomic E-state index is 0.0285. The molecule has 0 spiro atoms. The van der Waals surface area contributed by atoms with Crippen LogP contribution in [0.3, 0.4) is 0 Å². The average molecular weight is 306 g/mol. The monoisotopic (exact) mass is 306 g/mol. The number of hydrogen-bond donors (Lipinski definition) is 2. The minimum atomic E-state index is -0.538. The lowest BCUT2D eigenvalue weighted by atomic mass is 10.0. The average Bonchev–Trinajstić information content (AvgIpc) is 3.05. The van der Waals surface area contributed by atoms with Gasteiger partial charge in [-0.1, -0.05) is 6.92 Å². The molecular weight excluding hydrogens is 284 g/mol. The maximum absolute atomic E-state index is 12.3. The van der Waals surface area contributed by atoms with E-state index in [0.717, 1.165) is 25.9 Å². The van der Waals surface area contributed by atoms with Crippen molar-refractivity contribution in [1.82, 2.24) is 5.32 Å². The van der Waals surface area contributed by atoms with E-state index < -0.39 is 5.91 Å². The van der Waals surface area contributed by atoms with Gasteiger partial charge in [-0.2, -0.15) is 0 Å². The molecule has 1 heterocycles. The summed E-state index contributed by atoms with van der Waals surface area (Å²) in [7, 11) is 0. The molecule has 1 saturated heterocycles. The molecule has 1 aromatic rings. The summed E-state index contributed by atoms with van der Waals surface area (Å²) in [6.45, 7) is 2.62. The van der Waals surface area contributed by atoms with Crippen molar-refractivity contribution in [3.8, 4) is 5.75 Å². The quantitative estimate of drug-likeness (QED) is 0.793. The van der Waals surface area contributed by atoms with Crippen LogP contribution in [0.4, 0.5) is 0 Å². The zero-order chi connectivity index (χ0) is 15.9. The van der Waals surface area contributed by atoms with Crippen LogP contribution in [-0.4, -0.2) is 37.2 Å². The smallest absolute Gasteiger partial charge is 0.255 e. The second-order valence-electron chi connectivity index (χ2n) is 5.32. The Balaban J connectivity index is 1.92. The predicted molar refractivity (Wildman–Crippen MR) is 81.7 cm³/mol. The molecule has 0 aliphatic carbocycles. The molecule has 6 heteroatoms. The van der Waals surface area contributed by atoms with E-state index in [1.54, 1.807) is 24.3 Å². The molecule has 0 bridgehead atoms. The highest BCUT2D eigenvalue weighted by Crippen LogP contribution is 2.18. The zero-order valence-corrected chi connectivity index (χ0v) is 12.7. The van der Waals surface area contributed by atoms with Crippen LogP contribution >= 0.6 is 0 Å². The highest BCUT2D eigenvalue weighted by Gasteiger charge is 2.26. The molecule has 0 aromatic heterocycles. The lowest BCUT2D eigenvalue weighted by Crippen LogP contribution is -2.42. The SMILES string of the molecule is CCC(NC(=O)c1ccc(OCC(N)=O)cc1)C1CCCO1. The summed E-state index contributed by atoms with van der Waals surface area (Å²) in [5.41, 5.74) is 5.55. The second kappa shape index (κ2) is 7.79. The largest absolute Gasteiger partial charge is 0.484 e. The molecule has 1 aromatic carbocycles. The van der Waals surface area contributed by atoms with E-state index in [-0.39, 0.29) is 24.7 Å². The van der Waals surface area contributed by atoms with Gasteiger partial charge in [-0.05, 0) is 43.5 Å².